The van der Waals surface area contributed by atoms with Crippen molar-refractivity contribution in [2.75, 3.05) is 25.2 Å². The summed E-state index contributed by atoms with van der Waals surface area (Å²) in [4.78, 5) is 19.7. The second-order valence-corrected chi connectivity index (χ2v) is 8.85. The number of imidazole rings is 1. The molecule has 5 rings (SSSR count). The molecule has 1 aliphatic rings. The Kier molecular flexibility index (Phi) is 6.05. The number of rotatable bonds is 7. The molecule has 0 saturated carbocycles. The number of para-hydroxylation sites is 3. The molecule has 1 saturated heterocycles. The number of hydrogen-bond donors (Lipinski definition) is 0. The number of carbonyl (C=O) groups is 1. The van der Waals surface area contributed by atoms with Gasteiger partial charge in [0.2, 0.25) is 5.91 Å². The zero-order chi connectivity index (χ0) is 22.8. The van der Waals surface area contributed by atoms with Gasteiger partial charge in [0.25, 0.3) is 0 Å². The number of methoxy groups -OCH3 is 1. The van der Waals surface area contributed by atoms with Crippen molar-refractivity contribution in [2.24, 2.45) is 0 Å². The number of aromatic nitrogens is 2. The van der Waals surface area contributed by atoms with E-state index in [-0.39, 0.29) is 11.8 Å². The normalized spacial score (nSPS) is 15.9. The molecule has 7 heteroatoms. The second kappa shape index (κ2) is 9.27. The molecule has 6 nitrogen and oxygen atoms in total. The number of nitrogens with zero attached hydrogens (tertiary/aromatic N) is 3. The van der Waals surface area contributed by atoms with Crippen LogP contribution in [0.2, 0.25) is 0 Å². The van der Waals surface area contributed by atoms with Crippen molar-refractivity contribution >= 4 is 38.6 Å². The number of anilines is 1. The summed E-state index contributed by atoms with van der Waals surface area (Å²) in [5, 5.41) is 0. The molecular weight excluding hydrogens is 482 g/mol. The van der Waals surface area contributed by atoms with Crippen LogP contribution in [-0.4, -0.2) is 35.7 Å². The highest BCUT2D eigenvalue weighted by Gasteiger charge is 2.35. The van der Waals surface area contributed by atoms with Crippen LogP contribution in [0, 0.1) is 0 Å². The van der Waals surface area contributed by atoms with Crippen LogP contribution in [0.25, 0.3) is 11.0 Å². The number of halogens is 1. The lowest BCUT2D eigenvalue weighted by atomic mass is 10.1. The molecule has 2 heterocycles. The SMILES string of the molecule is COc1cccc(OCCn2c(C3CC(=O)N(c4ccccc4Br)C3)nc3ccccc32)c1. The Hall–Kier alpha value is -3.32. The summed E-state index contributed by atoms with van der Waals surface area (Å²) in [5.41, 5.74) is 2.88. The first-order valence-electron chi connectivity index (χ1n) is 10.9. The third-order valence-electron chi connectivity index (χ3n) is 5.94. The van der Waals surface area contributed by atoms with Crippen molar-refractivity contribution in [1.29, 1.82) is 0 Å². The maximum Gasteiger partial charge on any atom is 0.227 e. The molecule has 0 radical (unpaired) electrons. The topological polar surface area (TPSA) is 56.6 Å². The zero-order valence-corrected chi connectivity index (χ0v) is 19.9. The zero-order valence-electron chi connectivity index (χ0n) is 18.3. The number of fused-ring (bicyclic) bond motifs is 1. The van der Waals surface area contributed by atoms with Crippen LogP contribution >= 0.6 is 15.9 Å². The predicted molar refractivity (Wildman–Crippen MR) is 132 cm³/mol. The Balaban J connectivity index is 1.40. The van der Waals surface area contributed by atoms with Gasteiger partial charge in [0, 0.05) is 29.4 Å². The molecule has 1 amide bonds. The molecule has 33 heavy (non-hydrogen) atoms. The molecule has 3 aromatic carbocycles. The summed E-state index contributed by atoms with van der Waals surface area (Å²) < 4.78 is 14.4. The molecule has 168 valence electrons. The van der Waals surface area contributed by atoms with E-state index in [4.69, 9.17) is 14.5 Å². The number of benzene rings is 3. The summed E-state index contributed by atoms with van der Waals surface area (Å²) in [5.74, 6) is 2.56. The Morgan fingerprint density at radius 3 is 2.67 bits per heavy atom. The van der Waals surface area contributed by atoms with Crippen molar-refractivity contribution in [3.8, 4) is 11.5 Å². The number of ether oxygens (including phenoxy) is 2. The molecule has 1 aromatic heterocycles. The molecule has 4 aromatic rings. The van der Waals surface area contributed by atoms with Gasteiger partial charge < -0.3 is 18.9 Å². The molecule has 0 aliphatic carbocycles. The van der Waals surface area contributed by atoms with Crippen LogP contribution in [0.1, 0.15) is 18.2 Å². The van der Waals surface area contributed by atoms with Gasteiger partial charge in [0.15, 0.2) is 0 Å². The van der Waals surface area contributed by atoms with E-state index < -0.39 is 0 Å². The summed E-state index contributed by atoms with van der Waals surface area (Å²) in [6.45, 7) is 1.71. The predicted octanol–water partition coefficient (Wildman–Crippen LogP) is 5.41. The molecular formula is C26H24BrN3O3. The highest BCUT2D eigenvalue weighted by molar-refractivity contribution is 9.10. The van der Waals surface area contributed by atoms with E-state index in [1.54, 1.807) is 7.11 Å². The third kappa shape index (κ3) is 4.33. The third-order valence-corrected chi connectivity index (χ3v) is 6.61. The van der Waals surface area contributed by atoms with E-state index in [0.717, 1.165) is 38.5 Å². The van der Waals surface area contributed by atoms with Gasteiger partial charge in [-0.1, -0.05) is 30.3 Å². The lowest BCUT2D eigenvalue weighted by Crippen LogP contribution is -2.25. The van der Waals surface area contributed by atoms with Gasteiger partial charge in [-0.05, 0) is 52.3 Å². The minimum Gasteiger partial charge on any atom is -0.497 e. The maximum absolute atomic E-state index is 12.9. The van der Waals surface area contributed by atoms with Crippen LogP contribution in [0.15, 0.2) is 77.3 Å². The average molecular weight is 506 g/mol. The number of carbonyl (C=O) groups excluding carboxylic acids is 1. The Morgan fingerprint density at radius 1 is 1.03 bits per heavy atom. The lowest BCUT2D eigenvalue weighted by Gasteiger charge is -2.19. The van der Waals surface area contributed by atoms with Gasteiger partial charge in [-0.25, -0.2) is 4.98 Å². The van der Waals surface area contributed by atoms with Crippen molar-refractivity contribution < 1.29 is 14.3 Å². The van der Waals surface area contributed by atoms with E-state index in [9.17, 15) is 4.79 Å². The van der Waals surface area contributed by atoms with Crippen molar-refractivity contribution in [2.45, 2.75) is 18.9 Å². The number of hydrogen-bond acceptors (Lipinski definition) is 4. The van der Waals surface area contributed by atoms with E-state index in [1.165, 1.54) is 0 Å². The van der Waals surface area contributed by atoms with Crippen molar-refractivity contribution in [3.63, 3.8) is 0 Å². The highest BCUT2D eigenvalue weighted by Crippen LogP contribution is 2.36. The molecule has 0 bridgehead atoms. The van der Waals surface area contributed by atoms with Crippen LogP contribution in [0.4, 0.5) is 5.69 Å². The Bertz CT molecular complexity index is 1300. The second-order valence-electron chi connectivity index (χ2n) is 7.99. The minimum atomic E-state index is 0.00817. The van der Waals surface area contributed by atoms with Gasteiger partial charge in [-0.2, -0.15) is 0 Å². The minimum absolute atomic E-state index is 0.00817. The monoisotopic (exact) mass is 505 g/mol. The largest absolute Gasteiger partial charge is 0.497 e. The van der Waals surface area contributed by atoms with E-state index in [2.05, 4.69) is 26.6 Å². The summed E-state index contributed by atoms with van der Waals surface area (Å²) in [7, 11) is 1.64. The lowest BCUT2D eigenvalue weighted by molar-refractivity contribution is -0.117. The fourth-order valence-corrected chi connectivity index (χ4v) is 4.87. The van der Waals surface area contributed by atoms with E-state index >= 15 is 0 Å². The fourth-order valence-electron chi connectivity index (χ4n) is 4.37. The molecule has 1 unspecified atom stereocenters. The van der Waals surface area contributed by atoms with Crippen LogP contribution in [-0.2, 0) is 11.3 Å². The smallest absolute Gasteiger partial charge is 0.227 e. The van der Waals surface area contributed by atoms with E-state index in [1.807, 2.05) is 71.6 Å². The first-order valence-corrected chi connectivity index (χ1v) is 11.7. The molecule has 1 aliphatic heterocycles. The molecule has 0 N–H and O–H groups in total. The van der Waals surface area contributed by atoms with Crippen LogP contribution < -0.4 is 14.4 Å². The van der Waals surface area contributed by atoms with E-state index in [0.29, 0.717) is 26.1 Å². The summed E-state index contributed by atoms with van der Waals surface area (Å²) >= 11 is 3.58. The van der Waals surface area contributed by atoms with Gasteiger partial charge in [-0.15, -0.1) is 0 Å². The fraction of sp³-hybridized carbons (Fsp3) is 0.231. The standard InChI is InChI=1S/C26H24BrN3O3/c1-32-19-7-6-8-20(16-19)33-14-13-29-24-12-5-3-10-22(24)28-26(29)18-15-25(31)30(17-18)23-11-4-2-9-21(23)27/h2-12,16,18H,13-15,17H2,1H3. The average Bonchev–Trinajstić information content (AvgIpc) is 3.40. The summed E-state index contributed by atoms with van der Waals surface area (Å²) in [6, 6.07) is 23.5. The molecule has 0 spiro atoms. The van der Waals surface area contributed by atoms with Crippen LogP contribution in [0.5, 0.6) is 11.5 Å². The van der Waals surface area contributed by atoms with Gasteiger partial charge in [0.05, 0.1) is 30.4 Å². The van der Waals surface area contributed by atoms with Gasteiger partial charge in [-0.3, -0.25) is 4.79 Å². The first kappa shape index (κ1) is 21.5. The highest BCUT2D eigenvalue weighted by atomic mass is 79.9. The first-order chi connectivity index (χ1) is 16.1. The van der Waals surface area contributed by atoms with Gasteiger partial charge in [0.1, 0.15) is 23.9 Å². The summed E-state index contributed by atoms with van der Waals surface area (Å²) in [6.07, 6.45) is 0.432. The van der Waals surface area contributed by atoms with Gasteiger partial charge >= 0.3 is 0 Å². The quantitative estimate of drug-likeness (QED) is 0.337. The Morgan fingerprint density at radius 2 is 1.82 bits per heavy atom. The van der Waals surface area contributed by atoms with Crippen molar-refractivity contribution in [3.05, 3.63) is 83.1 Å². The molecule has 1 atom stereocenters. The molecule has 1 fully saturated rings. The Labute approximate surface area is 200 Å². The van der Waals surface area contributed by atoms with Crippen LogP contribution in [0.3, 0.4) is 0 Å². The number of amides is 1. The maximum atomic E-state index is 12.9. The van der Waals surface area contributed by atoms with Crippen molar-refractivity contribution in [1.82, 2.24) is 9.55 Å².